The molecule has 2 aromatic carbocycles. The minimum atomic E-state index is -1.04. The fraction of sp³-hybridized carbons (Fsp3) is 0.294. The highest BCUT2D eigenvalue weighted by atomic mass is 16.3. The first kappa shape index (κ1) is 13.8. The van der Waals surface area contributed by atoms with Gasteiger partial charge in [-0.2, -0.15) is 0 Å². The third-order valence-electron chi connectivity index (χ3n) is 3.39. The Kier molecular flexibility index (Phi) is 4.03. The molecular formula is C17H20O2. The molecule has 0 heterocycles. The number of hydrogen-bond donors (Lipinski definition) is 2. The van der Waals surface area contributed by atoms with Crippen molar-refractivity contribution in [2.45, 2.75) is 32.0 Å². The van der Waals surface area contributed by atoms with Gasteiger partial charge in [-0.3, -0.25) is 0 Å². The Morgan fingerprint density at radius 3 is 2.53 bits per heavy atom. The summed E-state index contributed by atoms with van der Waals surface area (Å²) in [6.45, 7) is 3.60. The van der Waals surface area contributed by atoms with Crippen LogP contribution in [0.3, 0.4) is 0 Å². The van der Waals surface area contributed by atoms with E-state index in [0.29, 0.717) is 0 Å². The van der Waals surface area contributed by atoms with Crippen LogP contribution in [0, 0.1) is 0 Å². The summed E-state index contributed by atoms with van der Waals surface area (Å²) in [6.07, 6.45) is 3.14. The van der Waals surface area contributed by atoms with Crippen LogP contribution in [-0.2, 0) is 5.60 Å². The van der Waals surface area contributed by atoms with Crippen molar-refractivity contribution >= 4 is 10.8 Å². The van der Waals surface area contributed by atoms with Crippen molar-refractivity contribution in [1.29, 1.82) is 0 Å². The first-order valence-electron chi connectivity index (χ1n) is 6.55. The lowest BCUT2D eigenvalue weighted by Crippen LogP contribution is -2.26. The third kappa shape index (κ3) is 3.22. The molecule has 0 aliphatic rings. The number of hydrogen-bond acceptors (Lipinski definition) is 2. The third-order valence-corrected chi connectivity index (χ3v) is 3.39. The van der Waals surface area contributed by atoms with Crippen LogP contribution in [0.5, 0.6) is 0 Å². The SMILES string of the molecule is C/C=C/[C@H](O)C[C@](C)(O)c1ccc2ccccc2c1. The van der Waals surface area contributed by atoms with Crippen molar-refractivity contribution in [3.63, 3.8) is 0 Å². The monoisotopic (exact) mass is 256 g/mol. The second-order valence-electron chi connectivity index (χ2n) is 5.13. The Bertz CT molecular complexity index is 585. The highest BCUT2D eigenvalue weighted by Crippen LogP contribution is 2.29. The summed E-state index contributed by atoms with van der Waals surface area (Å²) in [7, 11) is 0. The lowest BCUT2D eigenvalue weighted by atomic mass is 9.88. The summed E-state index contributed by atoms with van der Waals surface area (Å²) in [5, 5.41) is 22.6. The molecule has 2 aromatic rings. The van der Waals surface area contributed by atoms with E-state index in [9.17, 15) is 10.2 Å². The molecule has 0 aliphatic carbocycles. The van der Waals surface area contributed by atoms with E-state index < -0.39 is 11.7 Å². The molecule has 100 valence electrons. The van der Waals surface area contributed by atoms with Crippen molar-refractivity contribution in [1.82, 2.24) is 0 Å². The van der Waals surface area contributed by atoms with E-state index in [4.69, 9.17) is 0 Å². The number of aliphatic hydroxyl groups is 2. The molecule has 2 heteroatoms. The Balaban J connectivity index is 2.31. The zero-order valence-electron chi connectivity index (χ0n) is 11.4. The fourth-order valence-electron chi connectivity index (χ4n) is 2.34. The van der Waals surface area contributed by atoms with Gasteiger partial charge in [-0.25, -0.2) is 0 Å². The van der Waals surface area contributed by atoms with Crippen LogP contribution in [0.1, 0.15) is 25.8 Å². The van der Waals surface area contributed by atoms with E-state index in [1.165, 1.54) is 0 Å². The van der Waals surface area contributed by atoms with E-state index in [-0.39, 0.29) is 6.42 Å². The predicted molar refractivity (Wildman–Crippen MR) is 79.0 cm³/mol. The van der Waals surface area contributed by atoms with E-state index >= 15 is 0 Å². The first-order valence-corrected chi connectivity index (χ1v) is 6.55. The van der Waals surface area contributed by atoms with Crippen molar-refractivity contribution in [3.8, 4) is 0 Å². The van der Waals surface area contributed by atoms with Crippen LogP contribution in [0.25, 0.3) is 10.8 Å². The Labute approximate surface area is 114 Å². The summed E-state index contributed by atoms with van der Waals surface area (Å²) in [4.78, 5) is 0. The van der Waals surface area contributed by atoms with E-state index in [1.807, 2.05) is 49.4 Å². The van der Waals surface area contributed by atoms with Gasteiger partial charge in [-0.15, -0.1) is 0 Å². The van der Waals surface area contributed by atoms with Gasteiger partial charge in [0.1, 0.15) is 0 Å². The molecule has 0 aromatic heterocycles. The molecule has 0 unspecified atom stereocenters. The number of fused-ring (bicyclic) bond motifs is 1. The molecule has 2 N–H and O–H groups in total. The number of allylic oxidation sites excluding steroid dienone is 1. The largest absolute Gasteiger partial charge is 0.389 e. The first-order chi connectivity index (χ1) is 9.03. The highest BCUT2D eigenvalue weighted by Gasteiger charge is 2.25. The van der Waals surface area contributed by atoms with Gasteiger partial charge in [0.2, 0.25) is 0 Å². The fourth-order valence-corrected chi connectivity index (χ4v) is 2.34. The summed E-state index contributed by atoms with van der Waals surface area (Å²) in [6, 6.07) is 14.0. The molecule has 2 atom stereocenters. The highest BCUT2D eigenvalue weighted by molar-refractivity contribution is 5.83. The van der Waals surface area contributed by atoms with Crippen LogP contribution in [-0.4, -0.2) is 16.3 Å². The summed E-state index contributed by atoms with van der Waals surface area (Å²) in [5.41, 5.74) is -0.210. The van der Waals surface area contributed by atoms with Gasteiger partial charge < -0.3 is 10.2 Å². The van der Waals surface area contributed by atoms with E-state index in [2.05, 4.69) is 0 Å². The lowest BCUT2D eigenvalue weighted by Gasteiger charge is -2.26. The number of benzene rings is 2. The molecule has 0 bridgehead atoms. The Morgan fingerprint density at radius 2 is 1.84 bits per heavy atom. The molecule has 0 amide bonds. The second-order valence-corrected chi connectivity index (χ2v) is 5.13. The molecular weight excluding hydrogens is 236 g/mol. The quantitative estimate of drug-likeness (QED) is 0.823. The second kappa shape index (κ2) is 5.55. The topological polar surface area (TPSA) is 40.5 Å². The molecule has 2 nitrogen and oxygen atoms in total. The lowest BCUT2D eigenvalue weighted by molar-refractivity contribution is 0.0132. The Hall–Kier alpha value is -1.64. The van der Waals surface area contributed by atoms with Gasteiger partial charge in [0.25, 0.3) is 0 Å². The molecule has 0 spiro atoms. The van der Waals surface area contributed by atoms with Gasteiger partial charge >= 0.3 is 0 Å². The van der Waals surface area contributed by atoms with E-state index in [1.54, 1.807) is 19.1 Å². The molecule has 2 rings (SSSR count). The van der Waals surface area contributed by atoms with Crippen molar-refractivity contribution < 1.29 is 10.2 Å². The summed E-state index contributed by atoms with van der Waals surface area (Å²) in [5.74, 6) is 0. The minimum Gasteiger partial charge on any atom is -0.389 e. The predicted octanol–water partition coefficient (Wildman–Crippen LogP) is 3.37. The zero-order chi connectivity index (χ0) is 13.9. The average Bonchev–Trinajstić information content (AvgIpc) is 2.37. The molecule has 0 fully saturated rings. The van der Waals surface area contributed by atoms with Gasteiger partial charge in [-0.1, -0.05) is 48.6 Å². The smallest absolute Gasteiger partial charge is 0.0896 e. The van der Waals surface area contributed by atoms with Gasteiger partial charge in [0, 0.05) is 6.42 Å². The van der Waals surface area contributed by atoms with Gasteiger partial charge in [-0.05, 0) is 36.2 Å². The average molecular weight is 256 g/mol. The maximum Gasteiger partial charge on any atom is 0.0896 e. The van der Waals surface area contributed by atoms with Crippen LogP contribution >= 0.6 is 0 Å². The van der Waals surface area contributed by atoms with Gasteiger partial charge in [0.15, 0.2) is 0 Å². The zero-order valence-corrected chi connectivity index (χ0v) is 11.4. The number of rotatable bonds is 4. The van der Waals surface area contributed by atoms with Crippen molar-refractivity contribution in [3.05, 3.63) is 60.2 Å². The molecule has 0 saturated carbocycles. The van der Waals surface area contributed by atoms with Crippen LogP contribution in [0.15, 0.2) is 54.6 Å². The summed E-state index contributed by atoms with van der Waals surface area (Å²) >= 11 is 0. The number of aliphatic hydroxyl groups excluding tert-OH is 1. The normalized spacial score (nSPS) is 16.6. The Morgan fingerprint density at radius 1 is 1.16 bits per heavy atom. The standard InChI is InChI=1S/C17H20O2/c1-3-6-16(18)12-17(2,19)15-10-9-13-7-4-5-8-14(13)11-15/h3-11,16,18-19H,12H2,1-2H3/b6-3+/t16-,17-/m0/s1. The molecule has 0 aliphatic heterocycles. The van der Waals surface area contributed by atoms with Crippen LogP contribution < -0.4 is 0 Å². The minimum absolute atomic E-state index is 0.287. The van der Waals surface area contributed by atoms with Crippen molar-refractivity contribution in [2.24, 2.45) is 0 Å². The molecule has 0 radical (unpaired) electrons. The van der Waals surface area contributed by atoms with Gasteiger partial charge in [0.05, 0.1) is 11.7 Å². The van der Waals surface area contributed by atoms with E-state index in [0.717, 1.165) is 16.3 Å². The molecule has 19 heavy (non-hydrogen) atoms. The maximum absolute atomic E-state index is 10.5. The van der Waals surface area contributed by atoms with Crippen LogP contribution in [0.4, 0.5) is 0 Å². The summed E-state index contributed by atoms with van der Waals surface area (Å²) < 4.78 is 0. The molecule has 0 saturated heterocycles. The maximum atomic E-state index is 10.5. The van der Waals surface area contributed by atoms with Crippen molar-refractivity contribution in [2.75, 3.05) is 0 Å². The van der Waals surface area contributed by atoms with Crippen LogP contribution in [0.2, 0.25) is 0 Å².